The molecule has 0 aromatic heterocycles. The Labute approximate surface area is 50.1 Å². The number of allylic oxidation sites excluding steroid dienone is 1. The Kier molecular flexibility index (Phi) is 2.15. The second-order valence-electron chi connectivity index (χ2n) is 0.904. The molecule has 0 saturated carbocycles. The summed E-state index contributed by atoms with van der Waals surface area (Å²) in [6, 6.07) is 0. The third-order valence-electron chi connectivity index (χ3n) is 0.478. The van der Waals surface area contributed by atoms with E-state index in [9.17, 15) is 0 Å². The molecule has 30 valence electrons. The Hall–Kier alpha value is 0.597. The molecule has 0 fully saturated rings. The zero-order chi connectivity index (χ0) is 4.24. The third kappa shape index (κ3) is 1.37. The van der Waals surface area contributed by atoms with Crippen LogP contribution in [0.4, 0.5) is 0 Å². The molecule has 0 unspecified atom stereocenters. The summed E-state index contributed by atoms with van der Waals surface area (Å²) in [7, 11) is 0. The Morgan fingerprint density at radius 1 is 1.17 bits per heavy atom. The van der Waals surface area contributed by atoms with Crippen LogP contribution in [0.5, 0.6) is 0 Å². The number of rotatable bonds is 0. The van der Waals surface area contributed by atoms with E-state index in [4.69, 9.17) is 0 Å². The van der Waals surface area contributed by atoms with Gasteiger partial charge in [0.2, 0.25) is 0 Å². The molecular formula is C4H4As2. The Morgan fingerprint density at radius 2 is 2.17 bits per heavy atom. The van der Waals surface area contributed by atoms with Crippen molar-refractivity contribution in [2.45, 2.75) is 0 Å². The summed E-state index contributed by atoms with van der Waals surface area (Å²) in [6.45, 7) is 0. The van der Waals surface area contributed by atoms with Crippen LogP contribution in [0.25, 0.3) is 0 Å². The van der Waals surface area contributed by atoms with E-state index >= 15 is 0 Å². The van der Waals surface area contributed by atoms with Gasteiger partial charge in [-0.05, 0) is 0 Å². The van der Waals surface area contributed by atoms with E-state index in [0.29, 0.717) is 30.6 Å². The molecule has 0 nitrogen and oxygen atoms in total. The van der Waals surface area contributed by atoms with E-state index in [-0.39, 0.29) is 0 Å². The molecule has 0 aromatic carbocycles. The Morgan fingerprint density at radius 3 is 2.33 bits per heavy atom. The minimum atomic E-state index is 0.536. The monoisotopic (exact) mass is 202 g/mol. The van der Waals surface area contributed by atoms with Crippen molar-refractivity contribution in [3.63, 3.8) is 0 Å². The Bertz CT molecular complexity index is 74.9. The molecule has 0 bridgehead atoms. The molecule has 1 aliphatic rings. The molecule has 0 spiro atoms. The number of hydrogen-bond acceptors (Lipinski definition) is 0. The third-order valence-corrected chi connectivity index (χ3v) is 5.39. The maximum absolute atomic E-state index is 2.44. The maximum atomic E-state index is 2.44. The SMILES string of the molecule is C1=C[As]=C[As]=C1. The van der Waals surface area contributed by atoms with Gasteiger partial charge in [0.15, 0.2) is 0 Å². The molecule has 1 heterocycles. The summed E-state index contributed by atoms with van der Waals surface area (Å²) in [5.41, 5.74) is 0. The Balaban J connectivity index is 2.77. The molecule has 1 aliphatic heterocycles. The van der Waals surface area contributed by atoms with E-state index in [2.05, 4.69) is 19.3 Å². The average molecular weight is 202 g/mol. The molecule has 0 aromatic rings. The van der Waals surface area contributed by atoms with Gasteiger partial charge in [0.1, 0.15) is 0 Å². The van der Waals surface area contributed by atoms with Crippen LogP contribution in [-0.4, -0.2) is 39.0 Å². The summed E-state index contributed by atoms with van der Waals surface area (Å²) in [5.74, 6) is 0. The molecule has 6 heavy (non-hydrogen) atoms. The fourth-order valence-corrected chi connectivity index (χ4v) is 4.67. The minimum absolute atomic E-state index is 0.536. The van der Waals surface area contributed by atoms with E-state index in [1.54, 1.807) is 0 Å². The van der Waals surface area contributed by atoms with Crippen LogP contribution in [0.3, 0.4) is 0 Å². The van der Waals surface area contributed by atoms with Crippen LogP contribution in [-0.2, 0) is 0 Å². The fourth-order valence-electron chi connectivity index (χ4n) is 0.253. The quantitative estimate of drug-likeness (QED) is 0.464. The first kappa shape index (κ1) is 4.75. The van der Waals surface area contributed by atoms with Crippen LogP contribution in [0, 0.1) is 0 Å². The zero-order valence-electron chi connectivity index (χ0n) is 3.20. The van der Waals surface area contributed by atoms with Crippen LogP contribution in [0.1, 0.15) is 0 Å². The second kappa shape index (κ2) is 2.72. The summed E-state index contributed by atoms with van der Waals surface area (Å²) < 4.78 is 2.44. The molecule has 0 amide bonds. The zero-order valence-corrected chi connectivity index (χ0v) is 6.96. The van der Waals surface area contributed by atoms with Crippen molar-refractivity contribution in [1.82, 2.24) is 0 Å². The van der Waals surface area contributed by atoms with Crippen LogP contribution in [0.2, 0.25) is 0 Å². The van der Waals surface area contributed by atoms with Crippen molar-refractivity contribution in [3.8, 4) is 0 Å². The molecule has 0 saturated heterocycles. The van der Waals surface area contributed by atoms with E-state index in [1.165, 1.54) is 0 Å². The van der Waals surface area contributed by atoms with Crippen molar-refractivity contribution >= 4 is 39.0 Å². The molecule has 0 aliphatic carbocycles. The van der Waals surface area contributed by atoms with Gasteiger partial charge in [-0.1, -0.05) is 0 Å². The summed E-state index contributed by atoms with van der Waals surface area (Å²) in [5, 5.41) is 0. The van der Waals surface area contributed by atoms with Crippen LogP contribution in [0.15, 0.2) is 10.9 Å². The van der Waals surface area contributed by atoms with Crippen molar-refractivity contribution in [2.75, 3.05) is 0 Å². The van der Waals surface area contributed by atoms with Gasteiger partial charge >= 0.3 is 50.0 Å². The first-order chi connectivity index (χ1) is 3.00. The fraction of sp³-hybridized carbons (Fsp3) is 0. The van der Waals surface area contributed by atoms with Gasteiger partial charge in [0.05, 0.1) is 0 Å². The standard InChI is InChI=1S/C4H4As2/c1-2-5-4-6-3-1/h1-4H. The normalized spacial score (nSPS) is 21.3. The van der Waals surface area contributed by atoms with Gasteiger partial charge in [-0.2, -0.15) is 0 Å². The van der Waals surface area contributed by atoms with Crippen molar-refractivity contribution in [1.29, 1.82) is 0 Å². The van der Waals surface area contributed by atoms with Crippen molar-refractivity contribution < 1.29 is 0 Å². The van der Waals surface area contributed by atoms with Gasteiger partial charge in [-0.25, -0.2) is 0 Å². The summed E-state index contributed by atoms with van der Waals surface area (Å²) >= 11 is 1.07. The second-order valence-corrected chi connectivity index (χ2v) is 6.41. The van der Waals surface area contributed by atoms with Crippen molar-refractivity contribution in [2.24, 2.45) is 0 Å². The predicted molar refractivity (Wildman–Crippen MR) is 32.8 cm³/mol. The van der Waals surface area contributed by atoms with Gasteiger partial charge < -0.3 is 0 Å². The first-order valence-electron chi connectivity index (χ1n) is 1.70. The average Bonchev–Trinajstić information content (AvgIpc) is 1.72. The number of hydrogen-bond donors (Lipinski definition) is 0. The summed E-state index contributed by atoms with van der Waals surface area (Å²) in [4.78, 5) is 4.55. The topological polar surface area (TPSA) is 0 Å². The molecule has 0 radical (unpaired) electrons. The van der Waals surface area contributed by atoms with E-state index < -0.39 is 0 Å². The van der Waals surface area contributed by atoms with Crippen molar-refractivity contribution in [3.05, 3.63) is 10.9 Å². The van der Waals surface area contributed by atoms with Crippen LogP contribution >= 0.6 is 0 Å². The molecule has 2 heteroatoms. The molecular weight excluding hydrogens is 198 g/mol. The molecule has 0 N–H and O–H groups in total. The predicted octanol–water partition coefficient (Wildman–Crippen LogP) is -0.516. The van der Waals surface area contributed by atoms with E-state index in [1.807, 2.05) is 0 Å². The van der Waals surface area contributed by atoms with Gasteiger partial charge in [-0.15, -0.1) is 0 Å². The molecule has 1 rings (SSSR count). The summed E-state index contributed by atoms with van der Waals surface area (Å²) in [6.07, 6.45) is 2.19. The molecule has 0 atom stereocenters. The first-order valence-corrected chi connectivity index (χ1v) is 6.03. The van der Waals surface area contributed by atoms with Gasteiger partial charge in [-0.3, -0.25) is 0 Å². The van der Waals surface area contributed by atoms with Gasteiger partial charge in [0, 0.05) is 0 Å². The van der Waals surface area contributed by atoms with Crippen LogP contribution < -0.4 is 0 Å². The van der Waals surface area contributed by atoms with Gasteiger partial charge in [0.25, 0.3) is 0 Å². The van der Waals surface area contributed by atoms with E-state index in [0.717, 1.165) is 0 Å².